The summed E-state index contributed by atoms with van der Waals surface area (Å²) in [6.45, 7) is 1.05. The van der Waals surface area contributed by atoms with E-state index >= 15 is 0 Å². The molecule has 0 radical (unpaired) electrons. The van der Waals surface area contributed by atoms with Crippen LogP contribution >= 0.6 is 0 Å². The number of hydrogen-bond acceptors (Lipinski definition) is 7. The third-order valence-corrected chi connectivity index (χ3v) is 2.42. The topological polar surface area (TPSA) is 123 Å². The fraction of sp³-hybridized carbons (Fsp3) is 0.364. The molecule has 0 atom stereocenters. The molecule has 0 aromatic carbocycles. The molecule has 9 nitrogen and oxygen atoms in total. The van der Waals surface area contributed by atoms with Gasteiger partial charge in [-0.05, 0) is 13.0 Å². The molecule has 0 spiro atoms. The number of esters is 1. The van der Waals surface area contributed by atoms with Gasteiger partial charge >= 0.3 is 17.6 Å². The van der Waals surface area contributed by atoms with Crippen molar-refractivity contribution in [1.82, 2.24) is 4.98 Å². The summed E-state index contributed by atoms with van der Waals surface area (Å²) in [4.78, 5) is 37.7. The molecule has 1 heterocycles. The molecule has 0 saturated carbocycles. The molecule has 9 heteroatoms. The molecule has 0 unspecified atom stereocenters. The van der Waals surface area contributed by atoms with Crippen LogP contribution in [0.15, 0.2) is 6.07 Å². The Balaban J connectivity index is 3.49. The van der Waals surface area contributed by atoms with Gasteiger partial charge in [-0.2, -0.15) is 0 Å². The zero-order valence-electron chi connectivity index (χ0n) is 11.1. The number of carbonyl (C=O) groups excluding carboxylic acids is 1. The number of carboxylic acid groups (broad SMARTS) is 1. The van der Waals surface area contributed by atoms with Crippen molar-refractivity contribution in [3.8, 4) is 0 Å². The van der Waals surface area contributed by atoms with E-state index in [1.807, 2.05) is 0 Å². The number of methoxy groups -OCH3 is 1. The maximum absolute atomic E-state index is 11.6. The van der Waals surface area contributed by atoms with Crippen LogP contribution < -0.4 is 4.90 Å². The first-order valence-corrected chi connectivity index (χ1v) is 5.45. The predicted octanol–water partition coefficient (Wildman–Crippen LogP) is 0.606. The average Bonchev–Trinajstić information content (AvgIpc) is 2.35. The number of nitro groups is 1. The number of rotatable bonds is 5. The van der Waals surface area contributed by atoms with E-state index in [0.717, 1.165) is 12.0 Å². The van der Waals surface area contributed by atoms with Crippen molar-refractivity contribution >= 4 is 23.4 Å². The standard InChI is InChI=1S/C11H13N3O6/c1-6-4-7(11(17)20-3)9(14(18)19)10(12-6)13(2)5-8(15)16/h4H,5H2,1-3H3,(H,15,16). The first-order valence-electron chi connectivity index (χ1n) is 5.45. The van der Waals surface area contributed by atoms with Gasteiger partial charge < -0.3 is 14.7 Å². The van der Waals surface area contributed by atoms with Gasteiger partial charge in [-0.15, -0.1) is 0 Å². The normalized spacial score (nSPS) is 9.95. The summed E-state index contributed by atoms with van der Waals surface area (Å²) in [6.07, 6.45) is 0. The third kappa shape index (κ3) is 3.19. The number of aliphatic carboxylic acids is 1. The maximum atomic E-state index is 11.6. The molecule has 1 rings (SSSR count). The van der Waals surface area contributed by atoms with Gasteiger partial charge in [-0.3, -0.25) is 14.9 Å². The van der Waals surface area contributed by atoms with E-state index in [2.05, 4.69) is 9.72 Å². The summed E-state index contributed by atoms with van der Waals surface area (Å²) in [6, 6.07) is 1.22. The molecule has 0 aliphatic heterocycles. The van der Waals surface area contributed by atoms with Crippen LogP contribution in [-0.4, -0.2) is 47.7 Å². The molecule has 0 aliphatic carbocycles. The van der Waals surface area contributed by atoms with E-state index in [1.54, 1.807) is 0 Å². The lowest BCUT2D eigenvalue weighted by atomic mass is 10.1. The second-order valence-corrected chi connectivity index (χ2v) is 3.98. The lowest BCUT2D eigenvalue weighted by Gasteiger charge is -2.17. The molecule has 0 fully saturated rings. The van der Waals surface area contributed by atoms with Crippen LogP contribution in [0.25, 0.3) is 0 Å². The molecular weight excluding hydrogens is 270 g/mol. The van der Waals surface area contributed by atoms with Gasteiger partial charge in [0.15, 0.2) is 0 Å². The Labute approximate surface area is 113 Å². The van der Waals surface area contributed by atoms with Crippen LogP contribution in [0.2, 0.25) is 0 Å². The van der Waals surface area contributed by atoms with Gasteiger partial charge in [0.2, 0.25) is 5.82 Å². The number of hydrogen-bond donors (Lipinski definition) is 1. The Bertz CT molecular complexity index is 572. The van der Waals surface area contributed by atoms with Crippen molar-refractivity contribution < 1.29 is 24.4 Å². The summed E-state index contributed by atoms with van der Waals surface area (Å²) in [5.41, 5.74) is -0.508. The van der Waals surface area contributed by atoms with Crippen LogP contribution in [0.1, 0.15) is 16.1 Å². The number of nitrogens with zero attached hydrogens (tertiary/aromatic N) is 3. The summed E-state index contributed by atoms with van der Waals surface area (Å²) >= 11 is 0. The molecular formula is C11H13N3O6. The van der Waals surface area contributed by atoms with Crippen LogP contribution in [0, 0.1) is 17.0 Å². The number of carboxylic acids is 1. The summed E-state index contributed by atoms with van der Waals surface area (Å²) in [5, 5.41) is 19.9. The molecule has 20 heavy (non-hydrogen) atoms. The maximum Gasteiger partial charge on any atom is 0.345 e. The van der Waals surface area contributed by atoms with E-state index in [-0.39, 0.29) is 11.4 Å². The third-order valence-electron chi connectivity index (χ3n) is 2.42. The number of ether oxygens (including phenoxy) is 1. The molecule has 1 aromatic rings. The van der Waals surface area contributed by atoms with Crippen molar-refractivity contribution in [1.29, 1.82) is 0 Å². The highest BCUT2D eigenvalue weighted by molar-refractivity contribution is 5.96. The van der Waals surface area contributed by atoms with Gasteiger partial charge in [0.1, 0.15) is 12.1 Å². The lowest BCUT2D eigenvalue weighted by Crippen LogP contribution is -2.27. The van der Waals surface area contributed by atoms with Gasteiger partial charge in [0, 0.05) is 12.7 Å². The summed E-state index contributed by atoms with van der Waals surface area (Å²) in [5.74, 6) is -2.25. The number of anilines is 1. The van der Waals surface area contributed by atoms with Crippen molar-refractivity contribution in [2.45, 2.75) is 6.92 Å². The van der Waals surface area contributed by atoms with Gasteiger partial charge in [0.25, 0.3) is 0 Å². The fourth-order valence-corrected chi connectivity index (χ4v) is 1.64. The molecule has 0 aliphatic rings. The second-order valence-electron chi connectivity index (χ2n) is 3.98. The highest BCUT2D eigenvalue weighted by Crippen LogP contribution is 2.30. The number of pyridine rings is 1. The lowest BCUT2D eigenvalue weighted by molar-refractivity contribution is -0.384. The molecule has 1 N–H and O–H groups in total. The van der Waals surface area contributed by atoms with Crippen molar-refractivity contribution in [3.05, 3.63) is 27.4 Å². The van der Waals surface area contributed by atoms with E-state index in [4.69, 9.17) is 5.11 Å². The Kier molecular flexibility index (Phi) is 4.57. The van der Waals surface area contributed by atoms with E-state index in [9.17, 15) is 19.7 Å². The Morgan fingerprint density at radius 3 is 2.60 bits per heavy atom. The Morgan fingerprint density at radius 1 is 1.55 bits per heavy atom. The van der Waals surface area contributed by atoms with Crippen LogP contribution in [0.4, 0.5) is 11.5 Å². The molecule has 108 valence electrons. The largest absolute Gasteiger partial charge is 0.480 e. The quantitative estimate of drug-likeness (QED) is 0.473. The Morgan fingerprint density at radius 2 is 2.15 bits per heavy atom. The van der Waals surface area contributed by atoms with Crippen molar-refractivity contribution in [3.63, 3.8) is 0 Å². The van der Waals surface area contributed by atoms with Crippen LogP contribution in [-0.2, 0) is 9.53 Å². The fourth-order valence-electron chi connectivity index (χ4n) is 1.64. The van der Waals surface area contributed by atoms with Crippen LogP contribution in [0.3, 0.4) is 0 Å². The average molecular weight is 283 g/mol. The summed E-state index contributed by atoms with van der Waals surface area (Å²) < 4.78 is 4.49. The van der Waals surface area contributed by atoms with E-state index in [0.29, 0.717) is 5.69 Å². The number of likely N-dealkylation sites (N-methyl/N-ethyl adjacent to an activating group) is 1. The highest BCUT2D eigenvalue weighted by atomic mass is 16.6. The molecule has 0 saturated heterocycles. The molecule has 0 amide bonds. The minimum atomic E-state index is -1.18. The van der Waals surface area contributed by atoms with Gasteiger partial charge in [-0.1, -0.05) is 0 Å². The van der Waals surface area contributed by atoms with E-state index in [1.165, 1.54) is 20.0 Å². The number of aromatic nitrogens is 1. The van der Waals surface area contributed by atoms with Gasteiger partial charge in [0.05, 0.1) is 12.0 Å². The molecule has 0 bridgehead atoms. The second kappa shape index (κ2) is 5.95. The zero-order chi connectivity index (χ0) is 15.4. The summed E-state index contributed by atoms with van der Waals surface area (Å²) in [7, 11) is 2.44. The smallest absolute Gasteiger partial charge is 0.345 e. The van der Waals surface area contributed by atoms with Gasteiger partial charge in [-0.25, -0.2) is 9.78 Å². The first-order chi connectivity index (χ1) is 9.27. The van der Waals surface area contributed by atoms with Crippen molar-refractivity contribution in [2.75, 3.05) is 25.6 Å². The zero-order valence-corrected chi connectivity index (χ0v) is 11.1. The number of carbonyl (C=O) groups is 2. The molecule has 1 aromatic heterocycles. The monoisotopic (exact) mass is 283 g/mol. The van der Waals surface area contributed by atoms with Crippen molar-refractivity contribution in [2.24, 2.45) is 0 Å². The highest BCUT2D eigenvalue weighted by Gasteiger charge is 2.29. The van der Waals surface area contributed by atoms with Crippen LogP contribution in [0.5, 0.6) is 0 Å². The first kappa shape index (κ1) is 15.3. The SMILES string of the molecule is COC(=O)c1cc(C)nc(N(C)CC(=O)O)c1[N+](=O)[O-]. The number of aryl methyl sites for hydroxylation is 1. The minimum absolute atomic E-state index is 0.196. The minimum Gasteiger partial charge on any atom is -0.480 e. The Hall–Kier alpha value is -2.71. The predicted molar refractivity (Wildman–Crippen MR) is 67.9 cm³/mol. The van der Waals surface area contributed by atoms with E-state index < -0.39 is 29.1 Å².